The Kier molecular flexibility index (Phi) is 2.82. The zero-order valence-corrected chi connectivity index (χ0v) is 8.91. The SMILES string of the molecule is Cc1cc(C=O)c(F)c(-c2ccccc2)c1. The molecule has 2 aromatic carbocycles. The van der Waals surface area contributed by atoms with Crippen LogP contribution in [0.2, 0.25) is 0 Å². The Bertz CT molecular complexity index is 518. The quantitative estimate of drug-likeness (QED) is 0.698. The number of aldehydes is 1. The molecule has 1 nitrogen and oxygen atoms in total. The summed E-state index contributed by atoms with van der Waals surface area (Å²) < 4.78 is 13.9. The van der Waals surface area contributed by atoms with Crippen molar-refractivity contribution in [1.82, 2.24) is 0 Å². The zero-order valence-electron chi connectivity index (χ0n) is 8.91. The monoisotopic (exact) mass is 214 g/mol. The second-order valence-electron chi connectivity index (χ2n) is 3.70. The molecule has 0 spiro atoms. The van der Waals surface area contributed by atoms with Crippen molar-refractivity contribution in [2.24, 2.45) is 0 Å². The molecule has 0 aliphatic heterocycles. The lowest BCUT2D eigenvalue weighted by atomic mass is 10.00. The van der Waals surface area contributed by atoms with Crippen LogP contribution in [0.4, 0.5) is 4.39 Å². The minimum absolute atomic E-state index is 0.110. The van der Waals surface area contributed by atoms with Crippen LogP contribution in [0.3, 0.4) is 0 Å². The molecule has 0 saturated carbocycles. The van der Waals surface area contributed by atoms with E-state index >= 15 is 0 Å². The van der Waals surface area contributed by atoms with Gasteiger partial charge in [-0.25, -0.2) is 4.39 Å². The van der Waals surface area contributed by atoms with Gasteiger partial charge in [-0.1, -0.05) is 30.3 Å². The number of carbonyl (C=O) groups excluding carboxylic acids is 1. The Morgan fingerprint density at radius 3 is 2.44 bits per heavy atom. The second-order valence-corrected chi connectivity index (χ2v) is 3.70. The predicted molar refractivity (Wildman–Crippen MR) is 62.0 cm³/mol. The summed E-state index contributed by atoms with van der Waals surface area (Å²) in [4.78, 5) is 10.7. The maximum absolute atomic E-state index is 13.9. The number of hydrogen-bond acceptors (Lipinski definition) is 1. The molecule has 16 heavy (non-hydrogen) atoms. The topological polar surface area (TPSA) is 17.1 Å². The van der Waals surface area contributed by atoms with Crippen molar-refractivity contribution in [2.45, 2.75) is 6.92 Å². The summed E-state index contributed by atoms with van der Waals surface area (Å²) in [6, 6.07) is 12.5. The van der Waals surface area contributed by atoms with E-state index in [1.54, 1.807) is 12.1 Å². The van der Waals surface area contributed by atoms with Crippen molar-refractivity contribution >= 4 is 6.29 Å². The first-order valence-electron chi connectivity index (χ1n) is 5.03. The molecular weight excluding hydrogens is 203 g/mol. The smallest absolute Gasteiger partial charge is 0.153 e. The van der Waals surface area contributed by atoms with Gasteiger partial charge < -0.3 is 0 Å². The normalized spacial score (nSPS) is 10.1. The molecule has 0 aromatic heterocycles. The Balaban J connectivity index is 2.66. The third-order valence-corrected chi connectivity index (χ3v) is 2.46. The van der Waals surface area contributed by atoms with E-state index in [4.69, 9.17) is 0 Å². The van der Waals surface area contributed by atoms with Crippen LogP contribution in [0.5, 0.6) is 0 Å². The van der Waals surface area contributed by atoms with Crippen molar-refractivity contribution in [2.75, 3.05) is 0 Å². The third-order valence-electron chi connectivity index (χ3n) is 2.46. The van der Waals surface area contributed by atoms with Gasteiger partial charge in [0, 0.05) is 5.56 Å². The molecule has 2 heteroatoms. The first-order chi connectivity index (χ1) is 7.72. The van der Waals surface area contributed by atoms with Crippen LogP contribution in [0.1, 0.15) is 15.9 Å². The standard InChI is InChI=1S/C14H11FO/c1-10-7-12(9-16)14(15)13(8-10)11-5-3-2-4-6-11/h2-9H,1H3. The lowest BCUT2D eigenvalue weighted by Gasteiger charge is -2.06. The van der Waals surface area contributed by atoms with Gasteiger partial charge in [-0.2, -0.15) is 0 Å². The van der Waals surface area contributed by atoms with Crippen LogP contribution in [0.15, 0.2) is 42.5 Å². The zero-order chi connectivity index (χ0) is 11.5. The van der Waals surface area contributed by atoms with Crippen molar-refractivity contribution in [1.29, 1.82) is 0 Å². The number of carbonyl (C=O) groups is 1. The molecule has 0 unspecified atom stereocenters. The van der Waals surface area contributed by atoms with E-state index in [1.165, 1.54) is 0 Å². The molecule has 0 fully saturated rings. The lowest BCUT2D eigenvalue weighted by Crippen LogP contribution is -1.93. The first-order valence-corrected chi connectivity index (χ1v) is 5.03. The van der Waals surface area contributed by atoms with E-state index in [-0.39, 0.29) is 5.56 Å². The van der Waals surface area contributed by atoms with E-state index in [1.807, 2.05) is 37.3 Å². The van der Waals surface area contributed by atoms with E-state index in [0.29, 0.717) is 11.8 Å². The highest BCUT2D eigenvalue weighted by Crippen LogP contribution is 2.25. The molecular formula is C14H11FO. The van der Waals surface area contributed by atoms with Crippen molar-refractivity contribution in [3.8, 4) is 11.1 Å². The number of hydrogen-bond donors (Lipinski definition) is 0. The van der Waals surface area contributed by atoms with Gasteiger partial charge in [0.25, 0.3) is 0 Å². The van der Waals surface area contributed by atoms with Gasteiger partial charge in [0.15, 0.2) is 6.29 Å². The number of halogens is 1. The Morgan fingerprint density at radius 2 is 1.81 bits per heavy atom. The third kappa shape index (κ3) is 1.87. The summed E-state index contributed by atoms with van der Waals surface area (Å²) >= 11 is 0. The summed E-state index contributed by atoms with van der Waals surface area (Å²) in [5, 5.41) is 0. The van der Waals surface area contributed by atoms with Gasteiger partial charge in [-0.05, 0) is 30.2 Å². The molecule has 0 atom stereocenters. The minimum atomic E-state index is -0.452. The maximum atomic E-state index is 13.9. The number of rotatable bonds is 2. The lowest BCUT2D eigenvalue weighted by molar-refractivity contribution is 0.112. The molecule has 0 heterocycles. The van der Waals surface area contributed by atoms with Crippen molar-refractivity contribution in [3.05, 3.63) is 59.4 Å². The minimum Gasteiger partial charge on any atom is -0.298 e. The average molecular weight is 214 g/mol. The average Bonchev–Trinajstić information content (AvgIpc) is 2.33. The maximum Gasteiger partial charge on any atom is 0.153 e. The van der Waals surface area contributed by atoms with Crippen molar-refractivity contribution in [3.63, 3.8) is 0 Å². The van der Waals surface area contributed by atoms with Gasteiger partial charge in [-0.3, -0.25) is 4.79 Å². The van der Waals surface area contributed by atoms with Gasteiger partial charge in [-0.15, -0.1) is 0 Å². The highest BCUT2D eigenvalue weighted by atomic mass is 19.1. The highest BCUT2D eigenvalue weighted by Gasteiger charge is 2.10. The number of benzene rings is 2. The predicted octanol–water partition coefficient (Wildman–Crippen LogP) is 3.61. The molecule has 0 saturated heterocycles. The van der Waals surface area contributed by atoms with E-state index in [0.717, 1.165) is 11.1 Å². The Hall–Kier alpha value is -1.96. The molecule has 0 amide bonds. The van der Waals surface area contributed by atoms with Gasteiger partial charge in [0.05, 0.1) is 5.56 Å². The van der Waals surface area contributed by atoms with Crippen LogP contribution in [0, 0.1) is 12.7 Å². The van der Waals surface area contributed by atoms with Crippen LogP contribution in [-0.2, 0) is 0 Å². The molecule has 0 aliphatic rings. The van der Waals surface area contributed by atoms with Gasteiger partial charge in [0.1, 0.15) is 5.82 Å². The summed E-state index contributed by atoms with van der Waals surface area (Å²) in [7, 11) is 0. The summed E-state index contributed by atoms with van der Waals surface area (Å²) in [5.74, 6) is -0.452. The number of aryl methyl sites for hydroxylation is 1. The summed E-state index contributed by atoms with van der Waals surface area (Å²) in [6.45, 7) is 1.85. The fraction of sp³-hybridized carbons (Fsp3) is 0.0714. The van der Waals surface area contributed by atoms with Crippen LogP contribution in [-0.4, -0.2) is 6.29 Å². The molecule has 0 radical (unpaired) electrons. The Labute approximate surface area is 93.5 Å². The first kappa shape index (κ1) is 10.6. The van der Waals surface area contributed by atoms with E-state index in [9.17, 15) is 9.18 Å². The molecule has 2 rings (SSSR count). The largest absolute Gasteiger partial charge is 0.298 e. The van der Waals surface area contributed by atoms with Crippen LogP contribution >= 0.6 is 0 Å². The van der Waals surface area contributed by atoms with Crippen molar-refractivity contribution < 1.29 is 9.18 Å². The second kappa shape index (κ2) is 4.27. The fourth-order valence-electron chi connectivity index (χ4n) is 1.71. The highest BCUT2D eigenvalue weighted by molar-refractivity contribution is 5.80. The van der Waals surface area contributed by atoms with Crippen LogP contribution < -0.4 is 0 Å². The van der Waals surface area contributed by atoms with E-state index < -0.39 is 5.82 Å². The van der Waals surface area contributed by atoms with Crippen LogP contribution in [0.25, 0.3) is 11.1 Å². The molecule has 2 aromatic rings. The molecule has 0 bridgehead atoms. The molecule has 80 valence electrons. The van der Waals surface area contributed by atoms with E-state index in [2.05, 4.69) is 0 Å². The molecule has 0 aliphatic carbocycles. The van der Waals surface area contributed by atoms with Gasteiger partial charge in [0.2, 0.25) is 0 Å². The molecule has 0 N–H and O–H groups in total. The fourth-order valence-corrected chi connectivity index (χ4v) is 1.71. The summed E-state index contributed by atoms with van der Waals surface area (Å²) in [5.41, 5.74) is 2.25. The summed E-state index contributed by atoms with van der Waals surface area (Å²) in [6.07, 6.45) is 0.550. The Morgan fingerprint density at radius 1 is 1.12 bits per heavy atom. The van der Waals surface area contributed by atoms with Gasteiger partial charge >= 0.3 is 0 Å².